The van der Waals surface area contributed by atoms with Gasteiger partial charge >= 0.3 is 11.9 Å². The van der Waals surface area contributed by atoms with Crippen molar-refractivity contribution in [1.82, 2.24) is 0 Å². The van der Waals surface area contributed by atoms with Crippen molar-refractivity contribution in [3.63, 3.8) is 0 Å². The monoisotopic (exact) mass is 216 g/mol. The fraction of sp³-hybridized carbons (Fsp3) is 0.800. The molecular weight excluding hydrogens is 200 g/mol. The standard InChI is InChI=1S/C10H16O5/c1-2-3-4-7-9(13)6(5-8(11)12)10(14)15-7/h6-7,9,13H,2-5H2,1H3,(H,11,12)/t6-,7+,9+/m0/s1. The van der Waals surface area contributed by atoms with E-state index >= 15 is 0 Å². The Morgan fingerprint density at radius 3 is 2.73 bits per heavy atom. The van der Waals surface area contributed by atoms with Crippen LogP contribution in [0.2, 0.25) is 0 Å². The number of cyclic esters (lactones) is 1. The van der Waals surface area contributed by atoms with Gasteiger partial charge in [0.1, 0.15) is 12.2 Å². The summed E-state index contributed by atoms with van der Waals surface area (Å²) in [5.74, 6) is -2.58. The molecule has 0 aromatic heterocycles. The molecule has 0 spiro atoms. The third-order valence-corrected chi connectivity index (χ3v) is 2.60. The average molecular weight is 216 g/mol. The van der Waals surface area contributed by atoms with E-state index in [0.717, 1.165) is 12.8 Å². The molecule has 15 heavy (non-hydrogen) atoms. The van der Waals surface area contributed by atoms with Crippen molar-refractivity contribution in [2.75, 3.05) is 0 Å². The summed E-state index contributed by atoms with van der Waals surface area (Å²) in [6, 6.07) is 0. The van der Waals surface area contributed by atoms with Gasteiger partial charge < -0.3 is 14.9 Å². The van der Waals surface area contributed by atoms with Gasteiger partial charge in [-0.05, 0) is 12.8 Å². The lowest BCUT2D eigenvalue weighted by atomic mass is 9.95. The Kier molecular flexibility index (Phi) is 4.08. The second-order valence-corrected chi connectivity index (χ2v) is 3.81. The number of unbranched alkanes of at least 4 members (excludes halogenated alkanes) is 1. The summed E-state index contributed by atoms with van der Waals surface area (Å²) < 4.78 is 4.94. The molecule has 0 amide bonds. The second kappa shape index (κ2) is 5.11. The second-order valence-electron chi connectivity index (χ2n) is 3.81. The largest absolute Gasteiger partial charge is 0.481 e. The molecule has 0 aromatic rings. The molecule has 3 atom stereocenters. The molecule has 0 aromatic carbocycles. The van der Waals surface area contributed by atoms with Gasteiger partial charge in [-0.15, -0.1) is 0 Å². The summed E-state index contributed by atoms with van der Waals surface area (Å²) in [7, 11) is 0. The lowest BCUT2D eigenvalue weighted by molar-refractivity contribution is -0.148. The highest BCUT2D eigenvalue weighted by atomic mass is 16.6. The smallest absolute Gasteiger partial charge is 0.312 e. The predicted octanol–water partition coefficient (Wildman–Crippen LogP) is 0.554. The number of aliphatic hydroxyl groups excluding tert-OH is 1. The first-order chi connectivity index (χ1) is 7.06. The van der Waals surface area contributed by atoms with Crippen LogP contribution in [0.3, 0.4) is 0 Å². The zero-order valence-electron chi connectivity index (χ0n) is 8.68. The van der Waals surface area contributed by atoms with Crippen LogP contribution in [0.25, 0.3) is 0 Å². The zero-order chi connectivity index (χ0) is 11.4. The molecule has 0 aliphatic carbocycles. The lowest BCUT2D eigenvalue weighted by Gasteiger charge is -2.13. The van der Waals surface area contributed by atoms with Crippen LogP contribution >= 0.6 is 0 Å². The minimum absolute atomic E-state index is 0.359. The molecule has 86 valence electrons. The number of carboxylic acid groups (broad SMARTS) is 1. The van der Waals surface area contributed by atoms with Gasteiger partial charge in [-0.2, -0.15) is 0 Å². The van der Waals surface area contributed by atoms with Crippen LogP contribution in [0.5, 0.6) is 0 Å². The molecule has 1 rings (SSSR count). The van der Waals surface area contributed by atoms with E-state index in [9.17, 15) is 14.7 Å². The fourth-order valence-corrected chi connectivity index (χ4v) is 1.73. The minimum atomic E-state index is -1.09. The van der Waals surface area contributed by atoms with Gasteiger partial charge in [0.15, 0.2) is 0 Å². The number of rotatable bonds is 5. The van der Waals surface area contributed by atoms with E-state index in [-0.39, 0.29) is 6.42 Å². The molecule has 0 radical (unpaired) electrons. The van der Waals surface area contributed by atoms with E-state index in [1.165, 1.54) is 0 Å². The quantitative estimate of drug-likeness (QED) is 0.656. The highest BCUT2D eigenvalue weighted by Gasteiger charge is 2.44. The fourth-order valence-electron chi connectivity index (χ4n) is 1.73. The van der Waals surface area contributed by atoms with Gasteiger partial charge in [0.05, 0.1) is 12.3 Å². The SMILES string of the molecule is CCCC[C@H]1OC(=O)[C@@H](CC(=O)O)[C@H]1O. The van der Waals surface area contributed by atoms with Crippen molar-refractivity contribution < 1.29 is 24.5 Å². The maximum absolute atomic E-state index is 11.2. The van der Waals surface area contributed by atoms with Crippen molar-refractivity contribution in [2.45, 2.75) is 44.8 Å². The van der Waals surface area contributed by atoms with Crippen LogP contribution in [-0.4, -0.2) is 34.4 Å². The lowest BCUT2D eigenvalue weighted by Crippen LogP contribution is -2.28. The van der Waals surface area contributed by atoms with Crippen molar-refractivity contribution in [3.05, 3.63) is 0 Å². The van der Waals surface area contributed by atoms with E-state index in [1.54, 1.807) is 0 Å². The summed E-state index contributed by atoms with van der Waals surface area (Å²) in [4.78, 5) is 21.7. The topological polar surface area (TPSA) is 83.8 Å². The molecule has 1 aliphatic rings. The molecule has 1 fully saturated rings. The first-order valence-electron chi connectivity index (χ1n) is 5.16. The van der Waals surface area contributed by atoms with Crippen LogP contribution in [0.15, 0.2) is 0 Å². The highest BCUT2D eigenvalue weighted by Crippen LogP contribution is 2.27. The average Bonchev–Trinajstić information content (AvgIpc) is 2.42. The van der Waals surface area contributed by atoms with Crippen LogP contribution in [0.4, 0.5) is 0 Å². The van der Waals surface area contributed by atoms with Crippen LogP contribution in [-0.2, 0) is 14.3 Å². The van der Waals surface area contributed by atoms with E-state index < -0.39 is 30.1 Å². The number of carbonyl (C=O) groups is 2. The van der Waals surface area contributed by atoms with E-state index in [0.29, 0.717) is 6.42 Å². The first-order valence-corrected chi connectivity index (χ1v) is 5.16. The summed E-state index contributed by atoms with van der Waals surface area (Å²) in [6.07, 6.45) is 0.545. The number of hydrogen-bond acceptors (Lipinski definition) is 4. The van der Waals surface area contributed by atoms with Gasteiger partial charge in [-0.3, -0.25) is 9.59 Å². The number of carboxylic acids is 1. The Balaban J connectivity index is 2.53. The van der Waals surface area contributed by atoms with Crippen molar-refractivity contribution >= 4 is 11.9 Å². The minimum Gasteiger partial charge on any atom is -0.481 e. The van der Waals surface area contributed by atoms with E-state index in [1.807, 2.05) is 6.92 Å². The molecule has 0 bridgehead atoms. The maximum atomic E-state index is 11.2. The molecule has 1 heterocycles. The summed E-state index contributed by atoms with van der Waals surface area (Å²) in [5, 5.41) is 18.2. The number of ether oxygens (including phenoxy) is 1. The number of aliphatic carboxylic acids is 1. The summed E-state index contributed by atoms with van der Waals surface area (Å²) >= 11 is 0. The molecule has 1 saturated heterocycles. The molecule has 5 nitrogen and oxygen atoms in total. The molecular formula is C10H16O5. The Morgan fingerprint density at radius 2 is 2.20 bits per heavy atom. The summed E-state index contributed by atoms with van der Waals surface area (Å²) in [5.41, 5.74) is 0. The third-order valence-electron chi connectivity index (χ3n) is 2.60. The van der Waals surface area contributed by atoms with Gasteiger partial charge in [-0.1, -0.05) is 13.3 Å². The number of carbonyl (C=O) groups excluding carboxylic acids is 1. The number of hydrogen-bond donors (Lipinski definition) is 2. The summed E-state index contributed by atoms with van der Waals surface area (Å²) in [6.45, 7) is 2.00. The molecule has 1 aliphatic heterocycles. The van der Waals surface area contributed by atoms with Gasteiger partial charge in [0.2, 0.25) is 0 Å². The first kappa shape index (κ1) is 12.0. The van der Waals surface area contributed by atoms with Crippen molar-refractivity contribution in [1.29, 1.82) is 0 Å². The third kappa shape index (κ3) is 2.92. The van der Waals surface area contributed by atoms with Gasteiger partial charge in [0.25, 0.3) is 0 Å². The Hall–Kier alpha value is -1.10. The molecule has 5 heteroatoms. The normalized spacial score (nSPS) is 30.3. The van der Waals surface area contributed by atoms with Crippen LogP contribution in [0, 0.1) is 5.92 Å². The van der Waals surface area contributed by atoms with Crippen molar-refractivity contribution in [3.8, 4) is 0 Å². The number of aliphatic hydroxyl groups is 1. The Morgan fingerprint density at radius 1 is 1.53 bits per heavy atom. The van der Waals surface area contributed by atoms with Gasteiger partial charge in [0, 0.05) is 0 Å². The highest BCUT2D eigenvalue weighted by molar-refractivity contribution is 5.81. The van der Waals surface area contributed by atoms with Gasteiger partial charge in [-0.25, -0.2) is 0 Å². The maximum Gasteiger partial charge on any atom is 0.312 e. The predicted molar refractivity (Wildman–Crippen MR) is 51.2 cm³/mol. The Bertz CT molecular complexity index is 250. The van der Waals surface area contributed by atoms with Crippen molar-refractivity contribution in [2.24, 2.45) is 5.92 Å². The molecule has 2 N–H and O–H groups in total. The van der Waals surface area contributed by atoms with E-state index in [2.05, 4.69) is 0 Å². The molecule has 0 unspecified atom stereocenters. The van der Waals surface area contributed by atoms with E-state index in [4.69, 9.17) is 9.84 Å². The van der Waals surface area contributed by atoms with Crippen LogP contribution in [0.1, 0.15) is 32.6 Å². The Labute approximate surface area is 88.0 Å². The number of esters is 1. The van der Waals surface area contributed by atoms with Crippen LogP contribution < -0.4 is 0 Å². The zero-order valence-corrected chi connectivity index (χ0v) is 8.68. The molecule has 0 saturated carbocycles.